The van der Waals surface area contributed by atoms with Crippen molar-refractivity contribution >= 4 is 5.78 Å². The van der Waals surface area contributed by atoms with E-state index in [9.17, 15) is 4.79 Å². The zero-order valence-corrected chi connectivity index (χ0v) is 15.0. The van der Waals surface area contributed by atoms with E-state index in [0.717, 1.165) is 52.0 Å². The maximum absolute atomic E-state index is 11.5. The highest BCUT2D eigenvalue weighted by molar-refractivity contribution is 5.80. The fraction of sp³-hybridized carbons (Fsp3) is 0.941. The van der Waals surface area contributed by atoms with Crippen LogP contribution in [-0.4, -0.2) is 68.6 Å². The minimum Gasteiger partial charge on any atom is -0.377 e. The molecule has 4 heteroatoms. The van der Waals surface area contributed by atoms with Gasteiger partial charge in [0.25, 0.3) is 0 Å². The van der Waals surface area contributed by atoms with Crippen LogP contribution in [-0.2, 0) is 9.53 Å². The predicted molar refractivity (Wildman–Crippen MR) is 89.8 cm³/mol. The first-order chi connectivity index (χ1) is 9.82. The molecular weight excluding hydrogens is 264 g/mol. The van der Waals surface area contributed by atoms with Crippen LogP contribution in [0, 0.1) is 5.92 Å². The number of unbranched alkanes of at least 4 members (excludes halogenated alkanes) is 1. The van der Waals surface area contributed by atoms with Gasteiger partial charge in [-0.2, -0.15) is 0 Å². The van der Waals surface area contributed by atoms with Crippen LogP contribution in [0.1, 0.15) is 47.0 Å². The van der Waals surface area contributed by atoms with Crippen molar-refractivity contribution in [3.63, 3.8) is 0 Å². The number of carbonyl (C=O) groups excluding carboxylic acids is 1. The number of hydrogen-bond donors (Lipinski definition) is 0. The molecule has 0 aliphatic rings. The molecule has 4 nitrogen and oxygen atoms in total. The van der Waals surface area contributed by atoms with Gasteiger partial charge in [0, 0.05) is 32.0 Å². The molecule has 0 aliphatic heterocycles. The second-order valence-corrected chi connectivity index (χ2v) is 6.60. The SMILES string of the molecule is CC(C)OCCN(C)CCN(C)CCCCC(=O)C(C)C. The molecule has 0 aromatic carbocycles. The van der Waals surface area contributed by atoms with Crippen LogP contribution >= 0.6 is 0 Å². The largest absolute Gasteiger partial charge is 0.377 e. The van der Waals surface area contributed by atoms with Crippen LogP contribution in [0.5, 0.6) is 0 Å². The lowest BCUT2D eigenvalue weighted by Gasteiger charge is -2.22. The van der Waals surface area contributed by atoms with Crippen LogP contribution in [0.2, 0.25) is 0 Å². The number of likely N-dealkylation sites (N-methyl/N-ethyl adjacent to an activating group) is 2. The average molecular weight is 300 g/mol. The monoisotopic (exact) mass is 300 g/mol. The third-order valence-corrected chi connectivity index (χ3v) is 3.64. The van der Waals surface area contributed by atoms with Gasteiger partial charge in [-0.1, -0.05) is 13.8 Å². The molecule has 0 aromatic rings. The van der Waals surface area contributed by atoms with Crippen molar-refractivity contribution in [1.82, 2.24) is 9.80 Å². The smallest absolute Gasteiger partial charge is 0.135 e. The zero-order chi connectivity index (χ0) is 16.3. The van der Waals surface area contributed by atoms with Gasteiger partial charge in [-0.3, -0.25) is 4.79 Å². The molecule has 0 atom stereocenters. The lowest BCUT2D eigenvalue weighted by molar-refractivity contribution is -0.122. The van der Waals surface area contributed by atoms with Crippen molar-refractivity contribution in [3.8, 4) is 0 Å². The Labute approximate surface area is 131 Å². The number of nitrogens with zero attached hydrogens (tertiary/aromatic N) is 2. The van der Waals surface area contributed by atoms with E-state index < -0.39 is 0 Å². The number of Topliss-reactive ketones (excluding diaryl/α,β-unsaturated/α-hetero) is 1. The minimum absolute atomic E-state index is 0.185. The van der Waals surface area contributed by atoms with Crippen molar-refractivity contribution in [2.45, 2.75) is 53.1 Å². The van der Waals surface area contributed by atoms with Crippen molar-refractivity contribution in [1.29, 1.82) is 0 Å². The van der Waals surface area contributed by atoms with Gasteiger partial charge >= 0.3 is 0 Å². The molecule has 0 rings (SSSR count). The Morgan fingerprint density at radius 1 is 0.905 bits per heavy atom. The summed E-state index contributed by atoms with van der Waals surface area (Å²) in [7, 11) is 4.29. The van der Waals surface area contributed by atoms with Gasteiger partial charge < -0.3 is 14.5 Å². The van der Waals surface area contributed by atoms with Crippen LogP contribution in [0.15, 0.2) is 0 Å². The average Bonchev–Trinajstić information content (AvgIpc) is 2.40. The maximum Gasteiger partial charge on any atom is 0.135 e. The van der Waals surface area contributed by atoms with Crippen molar-refractivity contribution in [3.05, 3.63) is 0 Å². The van der Waals surface area contributed by atoms with Gasteiger partial charge in [0.05, 0.1) is 12.7 Å². The Morgan fingerprint density at radius 2 is 1.48 bits per heavy atom. The molecule has 0 radical (unpaired) electrons. The second kappa shape index (κ2) is 12.1. The zero-order valence-electron chi connectivity index (χ0n) is 15.0. The number of rotatable bonds is 13. The van der Waals surface area contributed by atoms with E-state index in [1.807, 2.05) is 13.8 Å². The quantitative estimate of drug-likeness (QED) is 0.490. The standard InChI is InChI=1S/C17H36N2O2/c1-15(2)17(20)9-7-8-10-18(5)11-12-19(6)13-14-21-16(3)4/h15-16H,7-14H2,1-6H3. The summed E-state index contributed by atoms with van der Waals surface area (Å²) in [6.07, 6.45) is 3.17. The van der Waals surface area contributed by atoms with E-state index in [4.69, 9.17) is 4.74 Å². The molecule has 126 valence electrons. The molecule has 0 N–H and O–H groups in total. The van der Waals surface area contributed by atoms with E-state index in [2.05, 4.69) is 37.7 Å². The summed E-state index contributed by atoms with van der Waals surface area (Å²) in [6.45, 7) is 13.1. The van der Waals surface area contributed by atoms with Crippen molar-refractivity contribution in [2.24, 2.45) is 5.92 Å². The van der Waals surface area contributed by atoms with Crippen molar-refractivity contribution in [2.75, 3.05) is 46.9 Å². The Hall–Kier alpha value is -0.450. The molecule has 0 spiro atoms. The summed E-state index contributed by atoms with van der Waals surface area (Å²) < 4.78 is 5.55. The molecule has 0 fully saturated rings. The van der Waals surface area contributed by atoms with Crippen LogP contribution < -0.4 is 0 Å². The highest BCUT2D eigenvalue weighted by Crippen LogP contribution is 2.04. The first kappa shape index (κ1) is 20.6. The van der Waals surface area contributed by atoms with Gasteiger partial charge in [0.2, 0.25) is 0 Å². The van der Waals surface area contributed by atoms with Crippen LogP contribution in [0.4, 0.5) is 0 Å². The number of hydrogen-bond acceptors (Lipinski definition) is 4. The van der Waals surface area contributed by atoms with Gasteiger partial charge in [0.15, 0.2) is 0 Å². The molecule has 0 aliphatic carbocycles. The summed E-state index contributed by atoms with van der Waals surface area (Å²) >= 11 is 0. The van der Waals surface area contributed by atoms with Crippen LogP contribution in [0.3, 0.4) is 0 Å². The van der Waals surface area contributed by atoms with Gasteiger partial charge in [-0.05, 0) is 47.3 Å². The lowest BCUT2D eigenvalue weighted by Crippen LogP contribution is -2.33. The van der Waals surface area contributed by atoms with E-state index in [1.54, 1.807) is 0 Å². The summed E-state index contributed by atoms with van der Waals surface area (Å²) in [4.78, 5) is 16.2. The van der Waals surface area contributed by atoms with Gasteiger partial charge in [-0.25, -0.2) is 0 Å². The maximum atomic E-state index is 11.5. The molecule has 0 unspecified atom stereocenters. The minimum atomic E-state index is 0.185. The highest BCUT2D eigenvalue weighted by atomic mass is 16.5. The molecule has 0 heterocycles. The third kappa shape index (κ3) is 13.0. The fourth-order valence-corrected chi connectivity index (χ4v) is 1.98. The number of ether oxygens (including phenoxy) is 1. The molecule has 0 bridgehead atoms. The molecule has 0 saturated carbocycles. The predicted octanol–water partition coefficient (Wildman–Crippen LogP) is 2.67. The number of carbonyl (C=O) groups is 1. The molecule has 0 aromatic heterocycles. The van der Waals surface area contributed by atoms with Gasteiger partial charge in [-0.15, -0.1) is 0 Å². The number of ketones is 1. The van der Waals surface area contributed by atoms with E-state index >= 15 is 0 Å². The van der Waals surface area contributed by atoms with Gasteiger partial charge in [0.1, 0.15) is 5.78 Å². The third-order valence-electron chi connectivity index (χ3n) is 3.64. The first-order valence-corrected chi connectivity index (χ1v) is 8.34. The Morgan fingerprint density at radius 3 is 2.00 bits per heavy atom. The topological polar surface area (TPSA) is 32.8 Å². The second-order valence-electron chi connectivity index (χ2n) is 6.60. The van der Waals surface area contributed by atoms with Crippen molar-refractivity contribution < 1.29 is 9.53 Å². The van der Waals surface area contributed by atoms with E-state index in [1.165, 1.54) is 0 Å². The summed E-state index contributed by atoms with van der Waals surface area (Å²) in [5.41, 5.74) is 0. The normalized spacial score (nSPS) is 12.1. The fourth-order valence-electron chi connectivity index (χ4n) is 1.98. The summed E-state index contributed by atoms with van der Waals surface area (Å²) in [5, 5.41) is 0. The molecule has 0 amide bonds. The Balaban J connectivity index is 3.53. The van der Waals surface area contributed by atoms with E-state index in [0.29, 0.717) is 11.9 Å². The summed E-state index contributed by atoms with van der Waals surface area (Å²) in [5.74, 6) is 0.576. The first-order valence-electron chi connectivity index (χ1n) is 8.34. The molecular formula is C17H36N2O2. The molecule has 21 heavy (non-hydrogen) atoms. The highest BCUT2D eigenvalue weighted by Gasteiger charge is 2.07. The Bertz CT molecular complexity index is 268. The molecule has 0 saturated heterocycles. The lowest BCUT2D eigenvalue weighted by atomic mass is 10.0. The Kier molecular flexibility index (Phi) is 11.9. The summed E-state index contributed by atoms with van der Waals surface area (Å²) in [6, 6.07) is 0. The van der Waals surface area contributed by atoms with Crippen LogP contribution in [0.25, 0.3) is 0 Å². The van der Waals surface area contributed by atoms with E-state index in [-0.39, 0.29) is 5.92 Å².